The van der Waals surface area contributed by atoms with Crippen molar-refractivity contribution >= 4 is 57.2 Å². The predicted octanol–water partition coefficient (Wildman–Crippen LogP) is 5.53. The minimum Gasteiger partial charge on any atom is -0.298 e. The summed E-state index contributed by atoms with van der Waals surface area (Å²) in [6.07, 6.45) is 2.75. The molecule has 0 aliphatic carbocycles. The van der Waals surface area contributed by atoms with Gasteiger partial charge in [0.15, 0.2) is 0 Å². The quantitative estimate of drug-likeness (QED) is 0.509. The molecule has 9 heteroatoms. The molecule has 0 unspecified atom stereocenters. The number of halogens is 4. The van der Waals surface area contributed by atoms with Crippen molar-refractivity contribution < 1.29 is 8.42 Å². The number of benzene rings is 2. The van der Waals surface area contributed by atoms with E-state index in [-0.39, 0.29) is 32.4 Å². The van der Waals surface area contributed by atoms with E-state index in [9.17, 15) is 8.42 Å². The molecule has 2 heterocycles. The Hall–Kier alpha value is -0.530. The van der Waals surface area contributed by atoms with E-state index >= 15 is 0 Å². The van der Waals surface area contributed by atoms with Crippen LogP contribution in [0.1, 0.15) is 24.0 Å². The van der Waals surface area contributed by atoms with Crippen LogP contribution >= 0.6 is 47.2 Å². The lowest BCUT2D eigenvalue weighted by Crippen LogP contribution is -2.42. The SMILES string of the molecule is Cl.O=S(=O)(c1cc(Cl)cc(Cl)c1Cl)N1CCC(CN2CCc3ccccc3C2)CC1. The first-order valence-corrected chi connectivity index (χ1v) is 12.4. The number of nitrogens with zero attached hydrogens (tertiary/aromatic N) is 2. The maximum atomic E-state index is 13.1. The Balaban J connectivity index is 0.00000256. The molecule has 0 radical (unpaired) electrons. The summed E-state index contributed by atoms with van der Waals surface area (Å²) in [6.45, 7) is 4.01. The van der Waals surface area contributed by atoms with E-state index in [1.165, 1.54) is 27.6 Å². The van der Waals surface area contributed by atoms with E-state index in [1.807, 2.05) is 0 Å². The van der Waals surface area contributed by atoms with Crippen LogP contribution in [0.15, 0.2) is 41.3 Å². The fraction of sp³-hybridized carbons (Fsp3) is 0.429. The lowest BCUT2D eigenvalue weighted by molar-refractivity contribution is 0.171. The highest BCUT2D eigenvalue weighted by Crippen LogP contribution is 2.35. The highest BCUT2D eigenvalue weighted by Gasteiger charge is 2.32. The van der Waals surface area contributed by atoms with Crippen molar-refractivity contribution in [1.82, 2.24) is 9.21 Å². The van der Waals surface area contributed by atoms with Gasteiger partial charge in [-0.1, -0.05) is 59.1 Å². The second-order valence-corrected chi connectivity index (χ2v) is 10.9. The third-order valence-corrected chi connectivity index (χ3v) is 8.93. The fourth-order valence-corrected chi connectivity index (χ4v) is 6.86. The van der Waals surface area contributed by atoms with Crippen molar-refractivity contribution in [2.75, 3.05) is 26.2 Å². The zero-order chi connectivity index (χ0) is 20.6. The van der Waals surface area contributed by atoms with Crippen molar-refractivity contribution in [1.29, 1.82) is 0 Å². The Kier molecular flexibility index (Phi) is 8.00. The number of piperidine rings is 1. The summed E-state index contributed by atoms with van der Waals surface area (Å²) >= 11 is 18.2. The van der Waals surface area contributed by atoms with Crippen LogP contribution in [0, 0.1) is 5.92 Å². The van der Waals surface area contributed by atoms with Gasteiger partial charge >= 0.3 is 0 Å². The Bertz CT molecular complexity index is 1010. The summed E-state index contributed by atoms with van der Waals surface area (Å²) < 4.78 is 27.6. The molecule has 30 heavy (non-hydrogen) atoms. The minimum absolute atomic E-state index is 0. The first-order chi connectivity index (χ1) is 13.8. The highest BCUT2D eigenvalue weighted by atomic mass is 35.5. The lowest BCUT2D eigenvalue weighted by Gasteiger charge is -2.36. The number of hydrogen-bond acceptors (Lipinski definition) is 3. The van der Waals surface area contributed by atoms with E-state index < -0.39 is 10.0 Å². The van der Waals surface area contributed by atoms with Crippen LogP contribution in [0.3, 0.4) is 0 Å². The summed E-state index contributed by atoms with van der Waals surface area (Å²) in [7, 11) is -3.72. The molecular weight excluding hydrogens is 486 g/mol. The minimum atomic E-state index is -3.72. The van der Waals surface area contributed by atoms with Crippen LogP contribution in [-0.2, 0) is 23.0 Å². The normalized spacial score (nSPS) is 18.6. The Labute approximate surface area is 199 Å². The van der Waals surface area contributed by atoms with E-state index in [1.54, 1.807) is 0 Å². The molecule has 0 bridgehead atoms. The van der Waals surface area contributed by atoms with Crippen molar-refractivity contribution in [3.05, 3.63) is 62.6 Å². The average molecular weight is 510 g/mol. The van der Waals surface area contributed by atoms with E-state index in [2.05, 4.69) is 29.2 Å². The van der Waals surface area contributed by atoms with Crippen LogP contribution < -0.4 is 0 Å². The summed E-state index contributed by atoms with van der Waals surface area (Å²) in [5.74, 6) is 0.491. The molecule has 0 saturated carbocycles. The Morgan fingerprint density at radius 2 is 1.63 bits per heavy atom. The zero-order valence-electron chi connectivity index (χ0n) is 16.4. The monoisotopic (exact) mass is 508 g/mol. The van der Waals surface area contributed by atoms with Crippen LogP contribution in [-0.4, -0.2) is 43.8 Å². The molecule has 1 saturated heterocycles. The van der Waals surface area contributed by atoms with Crippen molar-refractivity contribution in [2.24, 2.45) is 5.92 Å². The molecule has 4 rings (SSSR count). The van der Waals surface area contributed by atoms with Crippen LogP contribution in [0.2, 0.25) is 15.1 Å². The number of sulfonamides is 1. The van der Waals surface area contributed by atoms with E-state index in [0.717, 1.165) is 38.9 Å². The number of fused-ring (bicyclic) bond motifs is 1. The van der Waals surface area contributed by atoms with E-state index in [4.69, 9.17) is 34.8 Å². The first-order valence-electron chi connectivity index (χ1n) is 9.78. The molecule has 2 aliphatic heterocycles. The number of rotatable bonds is 4. The second kappa shape index (κ2) is 9.95. The molecule has 2 aliphatic rings. The molecular formula is C21H24Cl4N2O2S. The maximum absolute atomic E-state index is 13.1. The van der Waals surface area contributed by atoms with Crippen LogP contribution in [0.4, 0.5) is 0 Å². The van der Waals surface area contributed by atoms with Gasteiger partial charge in [0, 0.05) is 37.7 Å². The maximum Gasteiger partial charge on any atom is 0.244 e. The molecule has 0 atom stereocenters. The van der Waals surface area contributed by atoms with Gasteiger partial charge in [0.05, 0.1) is 10.0 Å². The smallest absolute Gasteiger partial charge is 0.244 e. The van der Waals surface area contributed by atoms with Gasteiger partial charge in [0.25, 0.3) is 0 Å². The standard InChI is InChI=1S/C21H23Cl3N2O2S.ClH/c22-18-11-19(23)21(24)20(12-18)29(27,28)26-9-5-15(6-10-26)13-25-8-7-16-3-1-2-4-17(16)14-25;/h1-4,11-12,15H,5-10,13-14H2;1H. The molecule has 0 amide bonds. The molecule has 0 N–H and O–H groups in total. The van der Waals surface area contributed by atoms with E-state index in [0.29, 0.717) is 19.0 Å². The van der Waals surface area contributed by atoms with Gasteiger partial charge in [-0.3, -0.25) is 4.90 Å². The molecule has 4 nitrogen and oxygen atoms in total. The van der Waals surface area contributed by atoms with Gasteiger partial charge in [0.1, 0.15) is 4.90 Å². The topological polar surface area (TPSA) is 40.6 Å². The lowest BCUT2D eigenvalue weighted by atomic mass is 9.94. The van der Waals surface area contributed by atoms with Gasteiger partial charge in [-0.2, -0.15) is 4.31 Å². The van der Waals surface area contributed by atoms with Gasteiger partial charge in [-0.15, -0.1) is 12.4 Å². The van der Waals surface area contributed by atoms with Crippen molar-refractivity contribution in [3.8, 4) is 0 Å². The van der Waals surface area contributed by atoms with Crippen LogP contribution in [0.25, 0.3) is 0 Å². The zero-order valence-corrected chi connectivity index (χ0v) is 20.3. The predicted molar refractivity (Wildman–Crippen MR) is 126 cm³/mol. The first kappa shape index (κ1) is 24.1. The summed E-state index contributed by atoms with van der Waals surface area (Å²) in [6, 6.07) is 11.4. The molecule has 164 valence electrons. The van der Waals surface area contributed by atoms with Gasteiger partial charge in [0.2, 0.25) is 10.0 Å². The molecule has 0 aromatic heterocycles. The largest absolute Gasteiger partial charge is 0.298 e. The summed E-state index contributed by atoms with van der Waals surface area (Å²) in [5.41, 5.74) is 2.85. The summed E-state index contributed by atoms with van der Waals surface area (Å²) in [4.78, 5) is 2.48. The molecule has 2 aromatic rings. The highest BCUT2D eigenvalue weighted by molar-refractivity contribution is 7.89. The summed E-state index contributed by atoms with van der Waals surface area (Å²) in [5, 5.41) is 0.446. The van der Waals surface area contributed by atoms with Gasteiger partial charge < -0.3 is 0 Å². The second-order valence-electron chi connectivity index (χ2n) is 7.80. The molecule has 1 fully saturated rings. The third-order valence-electron chi connectivity index (χ3n) is 5.88. The average Bonchev–Trinajstić information content (AvgIpc) is 2.71. The Morgan fingerprint density at radius 1 is 0.967 bits per heavy atom. The third kappa shape index (κ3) is 5.09. The fourth-order valence-electron chi connectivity index (χ4n) is 4.27. The van der Waals surface area contributed by atoms with Crippen molar-refractivity contribution in [3.63, 3.8) is 0 Å². The van der Waals surface area contributed by atoms with Crippen LogP contribution in [0.5, 0.6) is 0 Å². The molecule has 0 spiro atoms. The van der Waals surface area contributed by atoms with Gasteiger partial charge in [-0.05, 0) is 48.4 Å². The number of hydrogen-bond donors (Lipinski definition) is 0. The Morgan fingerprint density at radius 3 is 2.33 bits per heavy atom. The molecule has 2 aromatic carbocycles. The van der Waals surface area contributed by atoms with Crippen molar-refractivity contribution in [2.45, 2.75) is 30.7 Å². The van der Waals surface area contributed by atoms with Gasteiger partial charge in [-0.25, -0.2) is 8.42 Å².